The average molecular weight is 373 g/mol. The molecule has 0 N–H and O–H groups in total. The van der Waals surface area contributed by atoms with Gasteiger partial charge in [-0.05, 0) is 43.2 Å². The van der Waals surface area contributed by atoms with Crippen molar-refractivity contribution in [3.63, 3.8) is 0 Å². The highest BCUT2D eigenvalue weighted by Gasteiger charge is 2.27. The molecule has 2 aromatic carbocycles. The van der Waals surface area contributed by atoms with E-state index in [2.05, 4.69) is 4.98 Å². The van der Waals surface area contributed by atoms with Gasteiger partial charge in [-0.1, -0.05) is 24.3 Å². The van der Waals surface area contributed by atoms with Crippen LogP contribution in [0.2, 0.25) is 0 Å². The quantitative estimate of drug-likeness (QED) is 0.538. The topological polar surface area (TPSA) is 68.3 Å². The summed E-state index contributed by atoms with van der Waals surface area (Å²) in [6, 6.07) is 16.9. The highest BCUT2D eigenvalue weighted by atomic mass is 16.4. The molecule has 0 spiro atoms. The maximum Gasteiger partial charge on any atom is 0.420 e. The molecule has 1 aliphatic rings. The van der Waals surface area contributed by atoms with Crippen molar-refractivity contribution in [2.24, 2.45) is 0 Å². The molecular formula is C22H19N3O3. The lowest BCUT2D eigenvalue weighted by atomic mass is 10.0. The van der Waals surface area contributed by atoms with Crippen LogP contribution < -0.4 is 5.76 Å². The number of oxazole rings is 1. The second-order valence-corrected chi connectivity index (χ2v) is 7.10. The minimum absolute atomic E-state index is 0.0152. The van der Waals surface area contributed by atoms with Gasteiger partial charge in [0.25, 0.3) is 5.91 Å². The number of likely N-dealkylation sites (tertiary alicyclic amines) is 1. The summed E-state index contributed by atoms with van der Waals surface area (Å²) in [6.45, 7) is 1.21. The summed E-state index contributed by atoms with van der Waals surface area (Å²) in [4.78, 5) is 31.6. The van der Waals surface area contributed by atoms with E-state index in [1.165, 1.54) is 0 Å². The van der Waals surface area contributed by atoms with E-state index in [0.717, 1.165) is 29.3 Å². The molecule has 2 aromatic heterocycles. The Morgan fingerprint density at radius 1 is 1.00 bits per heavy atom. The molecule has 4 aromatic rings. The summed E-state index contributed by atoms with van der Waals surface area (Å²) in [5.74, 6) is -0.312. The van der Waals surface area contributed by atoms with Gasteiger partial charge in [0.1, 0.15) is 0 Å². The summed E-state index contributed by atoms with van der Waals surface area (Å²) in [5, 5.41) is 0.870. The Bertz CT molecular complexity index is 1230. The second kappa shape index (κ2) is 6.64. The monoisotopic (exact) mass is 373 g/mol. The number of nitrogens with zero attached hydrogens (tertiary/aromatic N) is 3. The first kappa shape index (κ1) is 16.7. The number of carbonyl (C=O) groups is 1. The van der Waals surface area contributed by atoms with Crippen LogP contribution in [0.25, 0.3) is 22.0 Å². The van der Waals surface area contributed by atoms with Crippen LogP contribution in [0.3, 0.4) is 0 Å². The number of piperidine rings is 1. The summed E-state index contributed by atoms with van der Waals surface area (Å²) in [5.41, 5.74) is 2.92. The van der Waals surface area contributed by atoms with Crippen molar-refractivity contribution in [1.82, 2.24) is 14.5 Å². The van der Waals surface area contributed by atoms with Crippen LogP contribution in [-0.4, -0.2) is 33.4 Å². The molecule has 6 heteroatoms. The fourth-order valence-electron chi connectivity index (χ4n) is 4.12. The van der Waals surface area contributed by atoms with Gasteiger partial charge in [0.2, 0.25) is 0 Å². The lowest BCUT2D eigenvalue weighted by Crippen LogP contribution is -2.40. The van der Waals surface area contributed by atoms with Crippen molar-refractivity contribution in [1.29, 1.82) is 0 Å². The largest absolute Gasteiger partial charge is 0.420 e. The first-order valence-corrected chi connectivity index (χ1v) is 9.45. The Kier molecular flexibility index (Phi) is 3.97. The molecule has 1 amide bonds. The van der Waals surface area contributed by atoms with Crippen LogP contribution in [0.5, 0.6) is 0 Å². The highest BCUT2D eigenvalue weighted by Crippen LogP contribution is 2.27. The molecule has 0 aliphatic carbocycles. The molecule has 0 radical (unpaired) electrons. The zero-order valence-electron chi connectivity index (χ0n) is 15.2. The van der Waals surface area contributed by atoms with E-state index in [9.17, 15) is 9.59 Å². The van der Waals surface area contributed by atoms with Gasteiger partial charge in [0, 0.05) is 36.3 Å². The number of fused-ring (bicyclic) bond motifs is 2. The first-order chi connectivity index (χ1) is 13.7. The van der Waals surface area contributed by atoms with Crippen molar-refractivity contribution in [2.45, 2.75) is 18.9 Å². The summed E-state index contributed by atoms with van der Waals surface area (Å²) in [7, 11) is 0. The van der Waals surface area contributed by atoms with E-state index < -0.39 is 0 Å². The first-order valence-electron chi connectivity index (χ1n) is 9.45. The molecule has 6 nitrogen and oxygen atoms in total. The maximum atomic E-state index is 13.1. The summed E-state index contributed by atoms with van der Waals surface area (Å²) in [6.07, 6.45) is 3.17. The Labute approximate surface area is 161 Å². The fraction of sp³-hybridized carbons (Fsp3) is 0.227. The molecule has 1 fully saturated rings. The van der Waals surface area contributed by atoms with Crippen LogP contribution >= 0.6 is 0 Å². The third kappa shape index (κ3) is 2.69. The Morgan fingerprint density at radius 3 is 2.68 bits per heavy atom. The van der Waals surface area contributed by atoms with Crippen molar-refractivity contribution in [3.05, 3.63) is 76.9 Å². The van der Waals surface area contributed by atoms with E-state index in [1.807, 2.05) is 53.4 Å². The van der Waals surface area contributed by atoms with Gasteiger partial charge in [-0.15, -0.1) is 0 Å². The number of carbonyl (C=O) groups excluding carboxylic acids is 1. The van der Waals surface area contributed by atoms with Crippen LogP contribution in [0, 0.1) is 0 Å². The van der Waals surface area contributed by atoms with Gasteiger partial charge < -0.3 is 9.32 Å². The van der Waals surface area contributed by atoms with Crippen molar-refractivity contribution < 1.29 is 9.21 Å². The number of pyridine rings is 1. The Morgan fingerprint density at radius 2 is 1.82 bits per heavy atom. The molecular weight excluding hydrogens is 354 g/mol. The third-order valence-electron chi connectivity index (χ3n) is 5.51. The molecule has 140 valence electrons. The van der Waals surface area contributed by atoms with Gasteiger partial charge in [-0.2, -0.15) is 0 Å². The van der Waals surface area contributed by atoms with E-state index in [1.54, 1.807) is 16.8 Å². The van der Waals surface area contributed by atoms with Gasteiger partial charge in [0.15, 0.2) is 5.58 Å². The van der Waals surface area contributed by atoms with Crippen molar-refractivity contribution in [3.8, 4) is 0 Å². The number of amides is 1. The predicted molar refractivity (Wildman–Crippen MR) is 106 cm³/mol. The van der Waals surface area contributed by atoms with Crippen LogP contribution in [0.15, 0.2) is 70.0 Å². The molecule has 1 saturated heterocycles. The van der Waals surface area contributed by atoms with E-state index in [4.69, 9.17) is 4.42 Å². The Balaban J connectivity index is 1.39. The number of hydrogen-bond acceptors (Lipinski definition) is 4. The van der Waals surface area contributed by atoms with Crippen molar-refractivity contribution in [2.75, 3.05) is 13.1 Å². The van der Waals surface area contributed by atoms with Crippen molar-refractivity contribution >= 4 is 27.9 Å². The van der Waals surface area contributed by atoms with Crippen LogP contribution in [-0.2, 0) is 0 Å². The van der Waals surface area contributed by atoms with E-state index >= 15 is 0 Å². The minimum Gasteiger partial charge on any atom is -0.408 e. The molecule has 0 saturated carbocycles. The zero-order valence-corrected chi connectivity index (χ0v) is 15.2. The lowest BCUT2D eigenvalue weighted by molar-refractivity contribution is 0.0696. The number of rotatable bonds is 2. The number of aromatic nitrogens is 2. The summed E-state index contributed by atoms with van der Waals surface area (Å²) < 4.78 is 7.10. The lowest BCUT2D eigenvalue weighted by Gasteiger charge is -2.32. The van der Waals surface area contributed by atoms with Gasteiger partial charge in [-0.25, -0.2) is 4.79 Å². The third-order valence-corrected chi connectivity index (χ3v) is 5.51. The van der Waals surface area contributed by atoms with Gasteiger partial charge >= 0.3 is 5.76 Å². The summed E-state index contributed by atoms with van der Waals surface area (Å²) >= 11 is 0. The highest BCUT2D eigenvalue weighted by molar-refractivity contribution is 6.06. The van der Waals surface area contributed by atoms with Crippen LogP contribution in [0.4, 0.5) is 0 Å². The molecule has 0 atom stereocenters. The predicted octanol–water partition coefficient (Wildman–Crippen LogP) is 3.62. The molecule has 0 bridgehead atoms. The molecule has 0 unspecified atom stereocenters. The molecule has 5 rings (SSSR count). The SMILES string of the molecule is O=C(c1cccc2ncccc12)N1CCC(n2c(=O)oc3ccccc32)CC1. The van der Waals surface area contributed by atoms with Crippen LogP contribution in [0.1, 0.15) is 29.2 Å². The van der Waals surface area contributed by atoms with Gasteiger partial charge in [-0.3, -0.25) is 14.3 Å². The van der Waals surface area contributed by atoms with Gasteiger partial charge in [0.05, 0.1) is 11.0 Å². The maximum absolute atomic E-state index is 13.1. The second-order valence-electron chi connectivity index (χ2n) is 7.10. The average Bonchev–Trinajstić information content (AvgIpc) is 3.08. The van der Waals surface area contributed by atoms with E-state index in [-0.39, 0.29) is 17.7 Å². The molecule has 28 heavy (non-hydrogen) atoms. The number of benzene rings is 2. The fourth-order valence-corrected chi connectivity index (χ4v) is 4.12. The number of hydrogen-bond donors (Lipinski definition) is 0. The molecule has 1 aliphatic heterocycles. The zero-order chi connectivity index (χ0) is 19.1. The smallest absolute Gasteiger partial charge is 0.408 e. The number of para-hydroxylation sites is 2. The standard InChI is InChI=1S/C22H19N3O3/c26-21(17-5-3-7-18-16(17)6-4-12-23-18)24-13-10-15(11-14-24)25-19-8-1-2-9-20(19)28-22(25)27/h1-9,12,15H,10-11,13-14H2. The Hall–Kier alpha value is -3.41. The normalized spacial score (nSPS) is 15.4. The van der Waals surface area contributed by atoms with E-state index in [0.29, 0.717) is 24.2 Å². The molecule has 3 heterocycles. The minimum atomic E-state index is -0.328.